The van der Waals surface area contributed by atoms with E-state index in [1.54, 1.807) is 11.3 Å². The predicted octanol–water partition coefficient (Wildman–Crippen LogP) is 2.87. The molecule has 2 rings (SSSR count). The fraction of sp³-hybridized carbons (Fsp3) is 0.182. The number of carbonyl (C=O) groups is 1. The molecule has 0 spiro atoms. The first-order chi connectivity index (χ1) is 7.31. The average Bonchev–Trinajstić information content (AvgIpc) is 2.72. The maximum atomic E-state index is 11.6. The molecule has 2 aromatic rings. The quantitative estimate of drug-likeness (QED) is 0.820. The zero-order valence-corrected chi connectivity index (χ0v) is 9.57. The summed E-state index contributed by atoms with van der Waals surface area (Å²) in [5, 5.41) is 5.87. The fourth-order valence-electron chi connectivity index (χ4n) is 1.37. The molecule has 0 aliphatic heterocycles. The van der Waals surface area contributed by atoms with Gasteiger partial charge in [-0.15, -0.1) is 22.9 Å². The lowest BCUT2D eigenvalue weighted by Gasteiger charge is -2.02. The van der Waals surface area contributed by atoms with Crippen LogP contribution in [0.3, 0.4) is 0 Å². The van der Waals surface area contributed by atoms with Gasteiger partial charge in [-0.25, -0.2) is 0 Å². The lowest BCUT2D eigenvalue weighted by atomic mass is 10.1. The number of hydrogen-bond acceptors (Lipinski definition) is 2. The van der Waals surface area contributed by atoms with E-state index in [1.165, 1.54) is 4.70 Å². The number of hydrogen-bond donors (Lipinski definition) is 1. The van der Waals surface area contributed by atoms with E-state index in [-0.39, 0.29) is 5.91 Å². The second-order valence-corrected chi connectivity index (χ2v) is 4.44. The first kappa shape index (κ1) is 10.5. The van der Waals surface area contributed by atoms with Gasteiger partial charge in [0.05, 0.1) is 0 Å². The van der Waals surface area contributed by atoms with Crippen LogP contribution in [0.4, 0.5) is 0 Å². The molecule has 0 bridgehead atoms. The highest BCUT2D eigenvalue weighted by Gasteiger charge is 2.05. The highest BCUT2D eigenvalue weighted by Crippen LogP contribution is 2.21. The van der Waals surface area contributed by atoms with Crippen LogP contribution in [0, 0.1) is 0 Å². The Hall–Kier alpha value is -1.06. The van der Waals surface area contributed by atoms with Crippen molar-refractivity contribution < 1.29 is 4.79 Å². The van der Waals surface area contributed by atoms with Crippen molar-refractivity contribution in [1.29, 1.82) is 0 Å². The Morgan fingerprint density at radius 3 is 3.07 bits per heavy atom. The minimum Gasteiger partial charge on any atom is -0.351 e. The molecule has 0 unspecified atom stereocenters. The van der Waals surface area contributed by atoms with E-state index in [9.17, 15) is 4.79 Å². The highest BCUT2D eigenvalue weighted by atomic mass is 35.5. The van der Waals surface area contributed by atoms with Gasteiger partial charge in [0.1, 0.15) is 0 Å². The van der Waals surface area contributed by atoms with Crippen LogP contribution in [-0.2, 0) is 0 Å². The second kappa shape index (κ2) is 4.64. The van der Waals surface area contributed by atoms with Crippen molar-refractivity contribution >= 4 is 38.9 Å². The van der Waals surface area contributed by atoms with Crippen molar-refractivity contribution in [1.82, 2.24) is 5.32 Å². The standard InChI is InChI=1S/C11H10ClNOS/c12-4-5-13-11(14)9-1-2-10-8(7-9)3-6-15-10/h1-3,6-7H,4-5H2,(H,13,14). The second-order valence-electron chi connectivity index (χ2n) is 3.12. The van der Waals surface area contributed by atoms with Crippen LogP contribution in [0.2, 0.25) is 0 Å². The maximum Gasteiger partial charge on any atom is 0.251 e. The number of fused-ring (bicyclic) bond motifs is 1. The number of amides is 1. The number of alkyl halides is 1. The van der Waals surface area contributed by atoms with Crippen molar-refractivity contribution in [2.45, 2.75) is 0 Å². The van der Waals surface area contributed by atoms with E-state index in [2.05, 4.69) is 5.32 Å². The van der Waals surface area contributed by atoms with Crippen molar-refractivity contribution in [3.05, 3.63) is 35.2 Å². The zero-order valence-electron chi connectivity index (χ0n) is 8.00. The van der Waals surface area contributed by atoms with Gasteiger partial charge < -0.3 is 5.32 Å². The Balaban J connectivity index is 2.23. The van der Waals surface area contributed by atoms with Gasteiger partial charge in [0, 0.05) is 22.7 Å². The predicted molar refractivity (Wildman–Crippen MR) is 64.9 cm³/mol. The van der Waals surface area contributed by atoms with Gasteiger partial charge in [-0.05, 0) is 35.0 Å². The van der Waals surface area contributed by atoms with Gasteiger partial charge >= 0.3 is 0 Å². The molecule has 15 heavy (non-hydrogen) atoms. The zero-order chi connectivity index (χ0) is 10.7. The summed E-state index contributed by atoms with van der Waals surface area (Å²) in [7, 11) is 0. The molecule has 4 heteroatoms. The maximum absolute atomic E-state index is 11.6. The molecule has 0 radical (unpaired) electrons. The van der Waals surface area contributed by atoms with Crippen molar-refractivity contribution in [3.8, 4) is 0 Å². The number of rotatable bonds is 3. The van der Waals surface area contributed by atoms with Crippen molar-refractivity contribution in [3.63, 3.8) is 0 Å². The van der Waals surface area contributed by atoms with E-state index in [1.807, 2.05) is 29.6 Å². The Labute approximate surface area is 96.9 Å². The summed E-state index contributed by atoms with van der Waals surface area (Å²) in [6.45, 7) is 0.502. The smallest absolute Gasteiger partial charge is 0.251 e. The van der Waals surface area contributed by atoms with Gasteiger partial charge in [-0.3, -0.25) is 4.79 Å². The third-order valence-electron chi connectivity index (χ3n) is 2.09. The number of carbonyl (C=O) groups excluding carboxylic acids is 1. The summed E-state index contributed by atoms with van der Waals surface area (Å²) in [6, 6.07) is 7.71. The third kappa shape index (κ3) is 2.30. The van der Waals surface area contributed by atoms with E-state index in [0.717, 1.165) is 5.39 Å². The fourth-order valence-corrected chi connectivity index (χ4v) is 2.24. The molecule has 78 valence electrons. The Bertz CT molecular complexity index is 480. The summed E-state index contributed by atoms with van der Waals surface area (Å²) in [4.78, 5) is 11.6. The summed E-state index contributed by atoms with van der Waals surface area (Å²) in [5.74, 6) is 0.371. The number of thiophene rings is 1. The monoisotopic (exact) mass is 239 g/mol. The largest absolute Gasteiger partial charge is 0.351 e. The van der Waals surface area contributed by atoms with Gasteiger partial charge in [-0.2, -0.15) is 0 Å². The minimum absolute atomic E-state index is 0.0660. The van der Waals surface area contributed by atoms with Crippen molar-refractivity contribution in [2.24, 2.45) is 0 Å². The van der Waals surface area contributed by atoms with Crippen LogP contribution < -0.4 is 5.32 Å². The van der Waals surface area contributed by atoms with E-state index in [0.29, 0.717) is 18.0 Å². The number of halogens is 1. The van der Waals surface area contributed by atoms with Gasteiger partial charge in [0.2, 0.25) is 0 Å². The topological polar surface area (TPSA) is 29.1 Å². The number of benzene rings is 1. The molecule has 1 amide bonds. The van der Waals surface area contributed by atoms with Crippen LogP contribution in [0.5, 0.6) is 0 Å². The summed E-state index contributed by atoms with van der Waals surface area (Å²) in [6.07, 6.45) is 0. The lowest BCUT2D eigenvalue weighted by Crippen LogP contribution is -2.25. The van der Waals surface area contributed by atoms with Gasteiger partial charge in [-0.1, -0.05) is 0 Å². The molecule has 0 fully saturated rings. The Morgan fingerprint density at radius 2 is 2.27 bits per heavy atom. The van der Waals surface area contributed by atoms with Gasteiger partial charge in [0.15, 0.2) is 0 Å². The third-order valence-corrected chi connectivity index (χ3v) is 3.18. The molecule has 1 aromatic heterocycles. The molecule has 2 nitrogen and oxygen atoms in total. The highest BCUT2D eigenvalue weighted by molar-refractivity contribution is 7.17. The van der Waals surface area contributed by atoms with E-state index >= 15 is 0 Å². The normalized spacial score (nSPS) is 10.5. The van der Waals surface area contributed by atoms with Gasteiger partial charge in [0.25, 0.3) is 5.91 Å². The molecule has 0 aliphatic rings. The molecular formula is C11H10ClNOS. The van der Waals surface area contributed by atoms with E-state index < -0.39 is 0 Å². The molecule has 0 atom stereocenters. The SMILES string of the molecule is O=C(NCCCl)c1ccc2sccc2c1. The molecule has 1 aromatic carbocycles. The lowest BCUT2D eigenvalue weighted by molar-refractivity contribution is 0.0956. The first-order valence-corrected chi connectivity index (χ1v) is 6.04. The summed E-state index contributed by atoms with van der Waals surface area (Å²) in [5.41, 5.74) is 0.686. The summed E-state index contributed by atoms with van der Waals surface area (Å²) >= 11 is 7.17. The van der Waals surface area contributed by atoms with Crippen LogP contribution in [0.15, 0.2) is 29.6 Å². The molecule has 0 saturated heterocycles. The molecule has 0 saturated carbocycles. The van der Waals surface area contributed by atoms with Crippen molar-refractivity contribution in [2.75, 3.05) is 12.4 Å². The Kier molecular flexibility index (Phi) is 3.23. The minimum atomic E-state index is -0.0660. The van der Waals surface area contributed by atoms with Crippen LogP contribution in [0.1, 0.15) is 10.4 Å². The van der Waals surface area contributed by atoms with Crippen LogP contribution in [-0.4, -0.2) is 18.3 Å². The average molecular weight is 240 g/mol. The molecule has 1 heterocycles. The van der Waals surface area contributed by atoms with Crippen LogP contribution in [0.25, 0.3) is 10.1 Å². The van der Waals surface area contributed by atoms with Crippen LogP contribution >= 0.6 is 22.9 Å². The molecular weight excluding hydrogens is 230 g/mol. The Morgan fingerprint density at radius 1 is 1.40 bits per heavy atom. The molecule has 1 N–H and O–H groups in total. The van der Waals surface area contributed by atoms with E-state index in [4.69, 9.17) is 11.6 Å². The number of nitrogens with one attached hydrogen (secondary N) is 1. The summed E-state index contributed by atoms with van der Waals surface area (Å²) < 4.78 is 1.20. The molecule has 0 aliphatic carbocycles. The first-order valence-electron chi connectivity index (χ1n) is 4.62.